The van der Waals surface area contributed by atoms with Crippen LogP contribution in [0, 0.1) is 0 Å². The summed E-state index contributed by atoms with van der Waals surface area (Å²) in [5.41, 5.74) is 7.26. The molecule has 3 N–H and O–H groups in total. The van der Waals surface area contributed by atoms with Crippen molar-refractivity contribution in [3.05, 3.63) is 73.9 Å². The topological polar surface area (TPSA) is 103 Å². The summed E-state index contributed by atoms with van der Waals surface area (Å²) in [5, 5.41) is 11.2. The van der Waals surface area contributed by atoms with Gasteiger partial charge in [-0.25, -0.2) is 4.68 Å². The Bertz CT molecular complexity index is 1060. The number of hydrogen-bond donors (Lipinski definition) is 2. The highest BCUT2D eigenvalue weighted by Gasteiger charge is 2.20. The standard InChI is InChI=1S/C19H16Cl3N5O2/c1-2-24-19(29)16-18(23)27(26-25-16)9-10-7-13(21)15(14(22)8-10)17(28)11-3-5-12(20)6-4-11/h3-8H,2,9,23H2,1H3,(H,24,29). The van der Waals surface area contributed by atoms with Crippen LogP contribution >= 0.6 is 34.8 Å². The summed E-state index contributed by atoms with van der Waals surface area (Å²) in [6.45, 7) is 2.40. The molecule has 7 nitrogen and oxygen atoms in total. The SMILES string of the molecule is CCNC(=O)c1nnn(Cc2cc(Cl)c(C(=O)c3ccc(Cl)cc3)c(Cl)c2)c1N. The number of rotatable bonds is 6. The summed E-state index contributed by atoms with van der Waals surface area (Å²) in [7, 11) is 0. The lowest BCUT2D eigenvalue weighted by atomic mass is 10.0. The summed E-state index contributed by atoms with van der Waals surface area (Å²) in [6.07, 6.45) is 0. The van der Waals surface area contributed by atoms with E-state index in [4.69, 9.17) is 40.5 Å². The van der Waals surface area contributed by atoms with Crippen molar-refractivity contribution in [3.63, 3.8) is 0 Å². The third-order valence-corrected chi connectivity index (χ3v) is 4.94. The molecule has 0 saturated carbocycles. The van der Waals surface area contributed by atoms with Gasteiger partial charge in [-0.15, -0.1) is 5.10 Å². The lowest BCUT2D eigenvalue weighted by Crippen LogP contribution is -2.24. The van der Waals surface area contributed by atoms with Gasteiger partial charge in [0.1, 0.15) is 0 Å². The Labute approximate surface area is 181 Å². The molecule has 0 aliphatic rings. The fraction of sp³-hybridized carbons (Fsp3) is 0.158. The van der Waals surface area contributed by atoms with E-state index in [1.807, 2.05) is 0 Å². The van der Waals surface area contributed by atoms with Crippen molar-refractivity contribution in [1.82, 2.24) is 20.3 Å². The van der Waals surface area contributed by atoms with Crippen LogP contribution in [-0.2, 0) is 6.54 Å². The number of hydrogen-bond acceptors (Lipinski definition) is 5. The average molecular weight is 453 g/mol. The molecule has 0 aliphatic carbocycles. The van der Waals surface area contributed by atoms with Crippen LogP contribution < -0.4 is 11.1 Å². The molecule has 0 spiro atoms. The highest BCUT2D eigenvalue weighted by molar-refractivity contribution is 6.41. The van der Waals surface area contributed by atoms with Crippen LogP contribution in [0.2, 0.25) is 15.1 Å². The van der Waals surface area contributed by atoms with Crippen LogP contribution in [0.4, 0.5) is 5.82 Å². The molecule has 0 radical (unpaired) electrons. The van der Waals surface area contributed by atoms with Gasteiger partial charge >= 0.3 is 0 Å². The summed E-state index contributed by atoms with van der Waals surface area (Å²) >= 11 is 18.5. The van der Waals surface area contributed by atoms with E-state index in [2.05, 4.69) is 15.6 Å². The number of nitrogen functional groups attached to an aromatic ring is 1. The number of nitrogens with two attached hydrogens (primary N) is 1. The fourth-order valence-electron chi connectivity index (χ4n) is 2.70. The lowest BCUT2D eigenvalue weighted by molar-refractivity contribution is 0.0951. The number of nitrogens with zero attached hydrogens (tertiary/aromatic N) is 3. The second-order valence-corrected chi connectivity index (χ2v) is 7.36. The zero-order chi connectivity index (χ0) is 21.1. The predicted octanol–water partition coefficient (Wildman–Crippen LogP) is 3.85. The van der Waals surface area contributed by atoms with Gasteiger partial charge in [-0.1, -0.05) is 40.0 Å². The Kier molecular flexibility index (Phi) is 6.42. The molecule has 150 valence electrons. The second kappa shape index (κ2) is 8.82. The number of carbonyl (C=O) groups is 2. The Morgan fingerprint density at radius 3 is 2.31 bits per heavy atom. The minimum Gasteiger partial charge on any atom is -0.382 e. The molecule has 0 atom stereocenters. The maximum atomic E-state index is 12.8. The van der Waals surface area contributed by atoms with E-state index in [0.717, 1.165) is 0 Å². The smallest absolute Gasteiger partial charge is 0.275 e. The Morgan fingerprint density at radius 1 is 1.10 bits per heavy atom. The van der Waals surface area contributed by atoms with Gasteiger partial charge in [0.05, 0.1) is 22.2 Å². The Morgan fingerprint density at radius 2 is 1.72 bits per heavy atom. The molecular weight excluding hydrogens is 437 g/mol. The molecule has 1 heterocycles. The molecule has 0 unspecified atom stereocenters. The minimum absolute atomic E-state index is 0.0404. The number of nitrogens with one attached hydrogen (secondary N) is 1. The van der Waals surface area contributed by atoms with E-state index in [0.29, 0.717) is 22.7 Å². The number of amides is 1. The first-order valence-corrected chi connectivity index (χ1v) is 9.70. The number of anilines is 1. The molecule has 3 aromatic rings. The number of carbonyl (C=O) groups excluding carboxylic acids is 2. The quantitative estimate of drug-likeness (QED) is 0.553. The summed E-state index contributed by atoms with van der Waals surface area (Å²) in [6, 6.07) is 9.64. The molecule has 10 heteroatoms. The molecule has 2 aromatic carbocycles. The van der Waals surface area contributed by atoms with Gasteiger partial charge in [0.25, 0.3) is 5.91 Å². The molecule has 3 rings (SSSR count). The van der Waals surface area contributed by atoms with E-state index in [9.17, 15) is 9.59 Å². The normalized spacial score (nSPS) is 10.8. The highest BCUT2D eigenvalue weighted by atomic mass is 35.5. The van der Waals surface area contributed by atoms with Gasteiger partial charge in [0.15, 0.2) is 17.3 Å². The van der Waals surface area contributed by atoms with Crippen molar-refractivity contribution in [3.8, 4) is 0 Å². The van der Waals surface area contributed by atoms with Crippen molar-refractivity contribution < 1.29 is 9.59 Å². The van der Waals surface area contributed by atoms with Gasteiger partial charge in [0, 0.05) is 17.1 Å². The monoisotopic (exact) mass is 451 g/mol. The largest absolute Gasteiger partial charge is 0.382 e. The molecule has 0 aliphatic heterocycles. The zero-order valence-electron chi connectivity index (χ0n) is 15.2. The van der Waals surface area contributed by atoms with Crippen LogP contribution in [0.1, 0.15) is 38.9 Å². The van der Waals surface area contributed by atoms with Crippen LogP contribution in [0.15, 0.2) is 36.4 Å². The second-order valence-electron chi connectivity index (χ2n) is 6.11. The first-order valence-electron chi connectivity index (χ1n) is 8.57. The van der Waals surface area contributed by atoms with Crippen LogP contribution in [0.3, 0.4) is 0 Å². The third-order valence-electron chi connectivity index (χ3n) is 4.09. The van der Waals surface area contributed by atoms with Crippen LogP contribution in [0.25, 0.3) is 0 Å². The zero-order valence-corrected chi connectivity index (χ0v) is 17.5. The van der Waals surface area contributed by atoms with Crippen molar-refractivity contribution in [2.75, 3.05) is 12.3 Å². The van der Waals surface area contributed by atoms with E-state index in [-0.39, 0.29) is 39.4 Å². The van der Waals surface area contributed by atoms with E-state index in [1.54, 1.807) is 43.3 Å². The first kappa shape index (κ1) is 21.1. The number of aromatic nitrogens is 3. The molecule has 29 heavy (non-hydrogen) atoms. The maximum absolute atomic E-state index is 12.8. The van der Waals surface area contributed by atoms with Gasteiger partial charge < -0.3 is 11.1 Å². The van der Waals surface area contributed by atoms with Crippen LogP contribution in [-0.4, -0.2) is 33.2 Å². The van der Waals surface area contributed by atoms with Gasteiger partial charge in [-0.3, -0.25) is 9.59 Å². The molecule has 0 bridgehead atoms. The van der Waals surface area contributed by atoms with E-state index >= 15 is 0 Å². The van der Waals surface area contributed by atoms with Crippen molar-refractivity contribution in [2.24, 2.45) is 0 Å². The first-order chi connectivity index (χ1) is 13.8. The van der Waals surface area contributed by atoms with Gasteiger partial charge in [0.2, 0.25) is 0 Å². The number of halogens is 3. The molecule has 0 fully saturated rings. The molecular formula is C19H16Cl3N5O2. The predicted molar refractivity (Wildman–Crippen MR) is 113 cm³/mol. The third kappa shape index (κ3) is 4.53. The van der Waals surface area contributed by atoms with E-state index in [1.165, 1.54) is 4.68 Å². The summed E-state index contributed by atoms with van der Waals surface area (Å²) in [4.78, 5) is 24.7. The molecule has 1 amide bonds. The van der Waals surface area contributed by atoms with Gasteiger partial charge in [-0.2, -0.15) is 0 Å². The lowest BCUT2D eigenvalue weighted by Gasteiger charge is -2.10. The number of benzene rings is 2. The van der Waals surface area contributed by atoms with Crippen molar-refractivity contribution in [1.29, 1.82) is 0 Å². The Balaban J connectivity index is 1.87. The van der Waals surface area contributed by atoms with Crippen molar-refractivity contribution in [2.45, 2.75) is 13.5 Å². The van der Waals surface area contributed by atoms with E-state index < -0.39 is 5.91 Å². The maximum Gasteiger partial charge on any atom is 0.275 e. The molecule has 1 aromatic heterocycles. The van der Waals surface area contributed by atoms with Crippen LogP contribution in [0.5, 0.6) is 0 Å². The summed E-state index contributed by atoms with van der Waals surface area (Å²) in [5.74, 6) is -0.609. The van der Waals surface area contributed by atoms with Crippen molar-refractivity contribution >= 4 is 52.3 Å². The van der Waals surface area contributed by atoms with Gasteiger partial charge in [-0.05, 0) is 48.9 Å². The fourth-order valence-corrected chi connectivity index (χ4v) is 3.53. The summed E-state index contributed by atoms with van der Waals surface area (Å²) < 4.78 is 1.35. The highest BCUT2D eigenvalue weighted by Crippen LogP contribution is 2.30. The average Bonchev–Trinajstić information content (AvgIpc) is 3.02. The number of ketones is 1. The Hall–Kier alpha value is -2.61. The minimum atomic E-state index is -0.406. The molecule has 0 saturated heterocycles.